The number of rotatable bonds is 5. The summed E-state index contributed by atoms with van der Waals surface area (Å²) in [5.74, 6) is -1.24. The van der Waals surface area contributed by atoms with E-state index in [-0.39, 0.29) is 17.9 Å². The molecule has 0 aliphatic heterocycles. The van der Waals surface area contributed by atoms with Crippen LogP contribution in [0.15, 0.2) is 24.8 Å². The minimum Gasteiger partial charge on any atom is -0.478 e. The number of carboxylic acids is 1. The van der Waals surface area contributed by atoms with Gasteiger partial charge in [-0.25, -0.2) is 9.78 Å². The molecule has 0 saturated carbocycles. The van der Waals surface area contributed by atoms with E-state index in [0.29, 0.717) is 11.5 Å². The summed E-state index contributed by atoms with van der Waals surface area (Å²) < 4.78 is 1.79. The molecular weight excluding hydrogens is 266 g/mol. The Morgan fingerprint density at radius 1 is 1.53 bits per heavy atom. The molecule has 0 aliphatic carbocycles. The molecule has 0 aromatic carbocycles. The van der Waals surface area contributed by atoms with Crippen LogP contribution < -0.4 is 5.32 Å². The highest BCUT2D eigenvalue weighted by Crippen LogP contribution is 2.27. The maximum absolute atomic E-state index is 11.8. The summed E-state index contributed by atoms with van der Waals surface area (Å²) in [6.07, 6.45) is 5.31. The van der Waals surface area contributed by atoms with Gasteiger partial charge in [0.2, 0.25) is 5.91 Å². The quantitative estimate of drug-likeness (QED) is 0.876. The summed E-state index contributed by atoms with van der Waals surface area (Å²) in [4.78, 5) is 27.5. The molecule has 0 saturated heterocycles. The van der Waals surface area contributed by atoms with Gasteiger partial charge in [0.1, 0.15) is 5.00 Å². The van der Waals surface area contributed by atoms with Crippen LogP contribution in [0.2, 0.25) is 0 Å². The van der Waals surface area contributed by atoms with Crippen molar-refractivity contribution in [3.05, 3.63) is 35.2 Å². The smallest absolute Gasteiger partial charge is 0.338 e. The molecule has 0 atom stereocenters. The van der Waals surface area contributed by atoms with Crippen molar-refractivity contribution in [3.63, 3.8) is 0 Å². The van der Waals surface area contributed by atoms with Gasteiger partial charge in [0.25, 0.3) is 0 Å². The van der Waals surface area contributed by atoms with Crippen LogP contribution >= 0.6 is 11.3 Å². The Morgan fingerprint density at radius 3 is 2.95 bits per heavy atom. The van der Waals surface area contributed by atoms with E-state index < -0.39 is 5.97 Å². The van der Waals surface area contributed by atoms with Gasteiger partial charge in [-0.05, 0) is 13.0 Å². The lowest BCUT2D eigenvalue weighted by Gasteiger charge is -2.04. The summed E-state index contributed by atoms with van der Waals surface area (Å²) in [7, 11) is 0. The standard InChI is InChI=1S/C12H13N3O3S/c1-8-6-9(12(17)18)11(19-8)14-10(16)2-4-15-5-3-13-7-15/h3,5-7H,2,4H2,1H3,(H,14,16)(H,17,18). The van der Waals surface area contributed by atoms with E-state index in [4.69, 9.17) is 5.11 Å². The fraction of sp³-hybridized carbons (Fsp3) is 0.250. The monoisotopic (exact) mass is 279 g/mol. The van der Waals surface area contributed by atoms with Crippen LogP contribution in [0.1, 0.15) is 21.7 Å². The maximum atomic E-state index is 11.8. The van der Waals surface area contributed by atoms with Crippen LogP contribution in [0.3, 0.4) is 0 Å². The molecule has 0 unspecified atom stereocenters. The molecule has 2 aromatic rings. The molecule has 0 fully saturated rings. The first-order valence-corrected chi connectivity index (χ1v) is 6.47. The average molecular weight is 279 g/mol. The largest absolute Gasteiger partial charge is 0.478 e. The van der Waals surface area contributed by atoms with E-state index in [1.54, 1.807) is 36.3 Å². The fourth-order valence-corrected chi connectivity index (χ4v) is 2.52. The van der Waals surface area contributed by atoms with Crippen molar-refractivity contribution < 1.29 is 14.7 Å². The number of nitrogens with one attached hydrogen (secondary N) is 1. The van der Waals surface area contributed by atoms with Crippen LogP contribution in [0, 0.1) is 6.92 Å². The van der Waals surface area contributed by atoms with Crippen molar-refractivity contribution in [3.8, 4) is 0 Å². The number of imidazole rings is 1. The highest BCUT2D eigenvalue weighted by atomic mass is 32.1. The number of aromatic carboxylic acids is 1. The van der Waals surface area contributed by atoms with Crippen LogP contribution in [0.4, 0.5) is 5.00 Å². The van der Waals surface area contributed by atoms with E-state index >= 15 is 0 Å². The molecule has 0 radical (unpaired) electrons. The molecule has 2 rings (SSSR count). The molecule has 1 amide bonds. The maximum Gasteiger partial charge on any atom is 0.338 e. The van der Waals surface area contributed by atoms with Gasteiger partial charge in [-0.2, -0.15) is 0 Å². The Bertz CT molecular complexity index is 589. The number of anilines is 1. The third-order valence-corrected chi connectivity index (χ3v) is 3.46. The molecule has 0 bridgehead atoms. The van der Waals surface area contributed by atoms with Crippen molar-refractivity contribution in [2.45, 2.75) is 19.9 Å². The molecule has 0 spiro atoms. The number of thiophene rings is 1. The van der Waals surface area contributed by atoms with Gasteiger partial charge in [-0.1, -0.05) is 0 Å². The lowest BCUT2D eigenvalue weighted by atomic mass is 10.3. The SMILES string of the molecule is Cc1cc(C(=O)O)c(NC(=O)CCn2ccnc2)s1. The third kappa shape index (κ3) is 3.41. The Balaban J connectivity index is 1.97. The summed E-state index contributed by atoms with van der Waals surface area (Å²) >= 11 is 1.26. The number of nitrogens with zero attached hydrogens (tertiary/aromatic N) is 2. The van der Waals surface area contributed by atoms with E-state index in [1.165, 1.54) is 11.3 Å². The first kappa shape index (κ1) is 13.3. The second-order valence-electron chi connectivity index (χ2n) is 4.00. The first-order chi connectivity index (χ1) is 9.06. The van der Waals surface area contributed by atoms with Gasteiger partial charge in [-0.15, -0.1) is 11.3 Å². The third-order valence-electron chi connectivity index (χ3n) is 2.49. The highest BCUT2D eigenvalue weighted by molar-refractivity contribution is 7.16. The normalized spacial score (nSPS) is 10.4. The summed E-state index contributed by atoms with van der Waals surface area (Å²) in [5.41, 5.74) is 0.137. The van der Waals surface area contributed by atoms with Crippen molar-refractivity contribution in [2.75, 3.05) is 5.32 Å². The van der Waals surface area contributed by atoms with E-state index in [0.717, 1.165) is 4.88 Å². The number of carbonyl (C=O) groups excluding carboxylic acids is 1. The Hall–Kier alpha value is -2.15. The summed E-state index contributed by atoms with van der Waals surface area (Å²) in [5, 5.41) is 12.0. The number of amides is 1. The first-order valence-electron chi connectivity index (χ1n) is 5.65. The number of aromatic nitrogens is 2. The minimum absolute atomic E-state index is 0.137. The molecular formula is C12H13N3O3S. The van der Waals surface area contributed by atoms with Gasteiger partial charge in [-0.3, -0.25) is 4.79 Å². The molecule has 100 valence electrons. The topological polar surface area (TPSA) is 84.2 Å². The van der Waals surface area contributed by atoms with E-state index in [2.05, 4.69) is 10.3 Å². The zero-order valence-corrected chi connectivity index (χ0v) is 11.1. The zero-order chi connectivity index (χ0) is 13.8. The van der Waals surface area contributed by atoms with E-state index in [9.17, 15) is 9.59 Å². The highest BCUT2D eigenvalue weighted by Gasteiger charge is 2.15. The molecule has 7 heteroatoms. The van der Waals surface area contributed by atoms with E-state index in [1.807, 2.05) is 0 Å². The molecule has 2 heterocycles. The number of hydrogen-bond acceptors (Lipinski definition) is 4. The van der Waals surface area contributed by atoms with Crippen LogP contribution in [-0.4, -0.2) is 26.5 Å². The molecule has 0 aliphatic rings. The second-order valence-corrected chi connectivity index (χ2v) is 5.26. The van der Waals surface area contributed by atoms with Crippen LogP contribution in [-0.2, 0) is 11.3 Å². The van der Waals surface area contributed by atoms with Crippen molar-refractivity contribution in [1.29, 1.82) is 0 Å². The molecule has 6 nitrogen and oxygen atoms in total. The number of carboxylic acid groups (broad SMARTS) is 1. The van der Waals surface area contributed by atoms with Gasteiger partial charge >= 0.3 is 5.97 Å². The predicted molar refractivity (Wildman–Crippen MR) is 71.5 cm³/mol. The Morgan fingerprint density at radius 2 is 2.32 bits per heavy atom. The second kappa shape index (κ2) is 5.66. The van der Waals surface area contributed by atoms with Crippen molar-refractivity contribution >= 4 is 28.2 Å². The average Bonchev–Trinajstić information content (AvgIpc) is 2.96. The lowest BCUT2D eigenvalue weighted by molar-refractivity contribution is -0.116. The number of hydrogen-bond donors (Lipinski definition) is 2. The minimum atomic E-state index is -1.03. The molecule has 2 N–H and O–H groups in total. The molecule has 2 aromatic heterocycles. The predicted octanol–water partition coefficient (Wildman–Crippen LogP) is 1.98. The van der Waals surface area contributed by atoms with Crippen molar-refractivity contribution in [2.24, 2.45) is 0 Å². The van der Waals surface area contributed by atoms with Crippen LogP contribution in [0.5, 0.6) is 0 Å². The lowest BCUT2D eigenvalue weighted by Crippen LogP contribution is -2.15. The fourth-order valence-electron chi connectivity index (χ4n) is 1.60. The summed E-state index contributed by atoms with van der Waals surface area (Å²) in [6, 6.07) is 1.55. The van der Waals surface area contributed by atoms with Gasteiger partial charge in [0, 0.05) is 30.2 Å². The van der Waals surface area contributed by atoms with Gasteiger partial charge in [0.05, 0.1) is 11.9 Å². The Labute approximate surface area is 113 Å². The Kier molecular flexibility index (Phi) is 3.96. The number of aryl methyl sites for hydroxylation is 2. The van der Waals surface area contributed by atoms with Crippen LogP contribution in [0.25, 0.3) is 0 Å². The van der Waals surface area contributed by atoms with Gasteiger partial charge in [0.15, 0.2) is 0 Å². The van der Waals surface area contributed by atoms with Crippen molar-refractivity contribution in [1.82, 2.24) is 9.55 Å². The molecule has 19 heavy (non-hydrogen) atoms. The zero-order valence-electron chi connectivity index (χ0n) is 10.3. The number of carbonyl (C=O) groups is 2. The van der Waals surface area contributed by atoms with Gasteiger partial charge < -0.3 is 15.0 Å². The summed E-state index contributed by atoms with van der Waals surface area (Å²) in [6.45, 7) is 2.32.